The summed E-state index contributed by atoms with van der Waals surface area (Å²) < 4.78 is 2.01. The fourth-order valence-corrected chi connectivity index (χ4v) is 5.90. The highest BCUT2D eigenvalue weighted by Crippen LogP contribution is 2.37. The molecule has 222 valence electrons. The van der Waals surface area contributed by atoms with Crippen LogP contribution in [0.1, 0.15) is 52.1 Å². The molecule has 0 bridgehead atoms. The number of likely N-dealkylation sites (tertiary alicyclic amines) is 1. The molecule has 1 aliphatic rings. The predicted octanol–water partition coefficient (Wildman–Crippen LogP) is 7.81. The average Bonchev–Trinajstić information content (AvgIpc) is 3.79. The normalized spacial score (nSPS) is 13.7. The number of nitrogens with zero attached hydrogens (tertiary/aromatic N) is 5. The van der Waals surface area contributed by atoms with Gasteiger partial charge in [0.1, 0.15) is 11.3 Å². The first kappa shape index (κ1) is 28.7. The monoisotopic (exact) mass is 575 g/mol. The molecular formula is C35H41N7O. The smallest absolute Gasteiger partial charge is 0.321 e. The van der Waals surface area contributed by atoms with E-state index in [2.05, 4.69) is 76.6 Å². The van der Waals surface area contributed by atoms with Gasteiger partial charge in [0.25, 0.3) is 0 Å². The van der Waals surface area contributed by atoms with Crippen molar-refractivity contribution in [2.45, 2.75) is 53.1 Å². The minimum absolute atomic E-state index is 0.0915. The van der Waals surface area contributed by atoms with Crippen LogP contribution in [0.2, 0.25) is 0 Å². The fraction of sp³-hybridized carbons (Fsp3) is 0.343. The van der Waals surface area contributed by atoms with Gasteiger partial charge in [-0.15, -0.1) is 0 Å². The molecule has 2 N–H and O–H groups in total. The van der Waals surface area contributed by atoms with Crippen LogP contribution >= 0.6 is 0 Å². The topological polar surface area (TPSA) is 82.1 Å². The molecule has 0 spiro atoms. The van der Waals surface area contributed by atoms with Crippen LogP contribution in [0.25, 0.3) is 44.7 Å². The molecule has 8 nitrogen and oxygen atoms in total. The summed E-state index contributed by atoms with van der Waals surface area (Å²) in [6, 6.07) is 21.2. The second kappa shape index (κ2) is 12.4. The number of carbonyl (C=O) groups is 1. The highest BCUT2D eigenvalue weighted by atomic mass is 16.2. The maximum Gasteiger partial charge on any atom is 0.321 e. The van der Waals surface area contributed by atoms with Crippen LogP contribution in [-0.2, 0) is 6.54 Å². The number of pyridine rings is 1. The Morgan fingerprint density at radius 2 is 1.65 bits per heavy atom. The van der Waals surface area contributed by atoms with Gasteiger partial charge >= 0.3 is 6.03 Å². The van der Waals surface area contributed by atoms with E-state index >= 15 is 0 Å². The van der Waals surface area contributed by atoms with Gasteiger partial charge < -0.3 is 15.2 Å². The molecule has 2 aromatic carbocycles. The predicted molar refractivity (Wildman–Crippen MR) is 175 cm³/mol. The molecule has 6 rings (SSSR count). The number of rotatable bonds is 9. The van der Waals surface area contributed by atoms with Crippen LogP contribution in [-0.4, -0.2) is 61.8 Å². The number of carbonyl (C=O) groups excluding carboxylic acids is 1. The fourth-order valence-electron chi connectivity index (χ4n) is 5.90. The number of aromatic amines is 1. The second-order valence-corrected chi connectivity index (χ2v) is 11.6. The van der Waals surface area contributed by atoms with Gasteiger partial charge in [0.2, 0.25) is 0 Å². The van der Waals surface area contributed by atoms with Gasteiger partial charge in [0, 0.05) is 66.0 Å². The molecule has 1 fully saturated rings. The first-order valence-electron chi connectivity index (χ1n) is 15.5. The Labute approximate surface area is 253 Å². The summed E-state index contributed by atoms with van der Waals surface area (Å²) in [6.45, 7) is 13.0. The van der Waals surface area contributed by atoms with E-state index in [1.54, 1.807) is 4.90 Å². The Morgan fingerprint density at radius 3 is 2.33 bits per heavy atom. The number of nitrogens with one attached hydrogen (secondary N) is 2. The molecule has 0 aliphatic carbocycles. The number of aromatic nitrogens is 4. The first-order chi connectivity index (χ1) is 20.9. The molecule has 0 unspecified atom stereocenters. The van der Waals surface area contributed by atoms with E-state index in [4.69, 9.17) is 5.10 Å². The molecule has 4 heterocycles. The standard InChI is InChI=1S/C35H41N7O/c1-5-41(6-2)35(43)37-28-15-13-27(14-16-28)33-31(23-42(39-33)24(3)4)29-17-18-36-34-30(29)21-32(38-34)26-11-9-25(10-12-26)22-40-19-7-8-20-40/h9-18,21,23-24H,5-8,19-20,22H2,1-4H3,(H,36,38)(H,37,43). The van der Waals surface area contributed by atoms with E-state index in [0.717, 1.165) is 56.9 Å². The summed E-state index contributed by atoms with van der Waals surface area (Å²) in [4.78, 5) is 25.1. The lowest BCUT2D eigenvalue weighted by Crippen LogP contribution is -2.34. The van der Waals surface area contributed by atoms with Gasteiger partial charge in [-0.25, -0.2) is 9.78 Å². The Morgan fingerprint density at radius 1 is 0.953 bits per heavy atom. The Hall–Kier alpha value is -4.43. The van der Waals surface area contributed by atoms with E-state index in [1.165, 1.54) is 31.5 Å². The van der Waals surface area contributed by atoms with Crippen molar-refractivity contribution in [3.63, 3.8) is 0 Å². The van der Waals surface area contributed by atoms with Crippen molar-refractivity contribution in [1.29, 1.82) is 0 Å². The molecule has 0 radical (unpaired) electrons. The van der Waals surface area contributed by atoms with Gasteiger partial charge in [-0.3, -0.25) is 9.58 Å². The molecule has 8 heteroatoms. The number of hydrogen-bond donors (Lipinski definition) is 2. The van der Waals surface area contributed by atoms with Gasteiger partial charge in [-0.05, 0) is 94.6 Å². The average molecular weight is 576 g/mol. The molecule has 5 aromatic rings. The number of benzene rings is 2. The molecular weight excluding hydrogens is 534 g/mol. The summed E-state index contributed by atoms with van der Waals surface area (Å²) >= 11 is 0. The van der Waals surface area contributed by atoms with Gasteiger partial charge in [-0.1, -0.05) is 36.4 Å². The van der Waals surface area contributed by atoms with Crippen molar-refractivity contribution in [2.24, 2.45) is 0 Å². The van der Waals surface area contributed by atoms with Gasteiger partial charge in [0.15, 0.2) is 0 Å². The second-order valence-electron chi connectivity index (χ2n) is 11.6. The van der Waals surface area contributed by atoms with Crippen molar-refractivity contribution < 1.29 is 4.79 Å². The highest BCUT2D eigenvalue weighted by Gasteiger charge is 2.19. The van der Waals surface area contributed by atoms with E-state index in [1.807, 2.05) is 49.0 Å². The summed E-state index contributed by atoms with van der Waals surface area (Å²) in [5.41, 5.74) is 9.19. The quantitative estimate of drug-likeness (QED) is 0.188. The minimum Gasteiger partial charge on any atom is -0.339 e. The van der Waals surface area contributed by atoms with Crippen molar-refractivity contribution >= 4 is 22.8 Å². The summed E-state index contributed by atoms with van der Waals surface area (Å²) in [6.07, 6.45) is 6.60. The van der Waals surface area contributed by atoms with E-state index < -0.39 is 0 Å². The van der Waals surface area contributed by atoms with Crippen molar-refractivity contribution in [3.05, 3.63) is 78.6 Å². The molecule has 0 saturated carbocycles. The lowest BCUT2D eigenvalue weighted by atomic mass is 10.00. The van der Waals surface area contributed by atoms with Crippen LogP contribution in [0.5, 0.6) is 0 Å². The third-order valence-corrected chi connectivity index (χ3v) is 8.41. The third-order valence-electron chi connectivity index (χ3n) is 8.41. The lowest BCUT2D eigenvalue weighted by molar-refractivity contribution is 0.217. The van der Waals surface area contributed by atoms with Crippen LogP contribution in [0.3, 0.4) is 0 Å². The lowest BCUT2D eigenvalue weighted by Gasteiger charge is -2.19. The number of hydrogen-bond acceptors (Lipinski definition) is 4. The molecule has 1 aliphatic heterocycles. The number of amides is 2. The zero-order valence-electron chi connectivity index (χ0n) is 25.6. The number of H-pyrrole nitrogens is 1. The summed E-state index contributed by atoms with van der Waals surface area (Å²) in [5.74, 6) is 0. The highest BCUT2D eigenvalue weighted by molar-refractivity contribution is 5.99. The molecule has 0 atom stereocenters. The van der Waals surface area contributed by atoms with Crippen LogP contribution in [0.15, 0.2) is 73.1 Å². The van der Waals surface area contributed by atoms with Crippen LogP contribution < -0.4 is 5.32 Å². The van der Waals surface area contributed by atoms with Crippen LogP contribution in [0.4, 0.5) is 10.5 Å². The number of fused-ring (bicyclic) bond motifs is 1. The van der Waals surface area contributed by atoms with Crippen LogP contribution in [0, 0.1) is 0 Å². The third kappa shape index (κ3) is 6.06. The molecule has 2 amide bonds. The SMILES string of the molecule is CCN(CC)C(=O)Nc1ccc(-c2nn(C(C)C)cc2-c2ccnc3[nH]c(-c4ccc(CN5CCCC5)cc4)cc23)cc1. The Kier molecular flexibility index (Phi) is 8.29. The van der Waals surface area contributed by atoms with Crippen molar-refractivity contribution in [3.8, 4) is 33.6 Å². The Balaban J connectivity index is 1.31. The summed E-state index contributed by atoms with van der Waals surface area (Å²) in [5, 5.41) is 9.08. The van der Waals surface area contributed by atoms with Crippen molar-refractivity contribution in [2.75, 3.05) is 31.5 Å². The molecule has 43 heavy (non-hydrogen) atoms. The van der Waals surface area contributed by atoms with E-state index in [-0.39, 0.29) is 12.1 Å². The van der Waals surface area contributed by atoms with E-state index in [9.17, 15) is 4.79 Å². The number of anilines is 1. The Bertz CT molecular complexity index is 1690. The van der Waals surface area contributed by atoms with Gasteiger partial charge in [-0.2, -0.15) is 5.10 Å². The zero-order chi connectivity index (χ0) is 29.9. The minimum atomic E-state index is -0.0915. The maximum atomic E-state index is 12.6. The van der Waals surface area contributed by atoms with Crippen molar-refractivity contribution in [1.82, 2.24) is 29.5 Å². The molecule has 1 saturated heterocycles. The number of urea groups is 1. The molecule has 3 aromatic heterocycles. The van der Waals surface area contributed by atoms with Gasteiger partial charge in [0.05, 0.1) is 0 Å². The zero-order valence-corrected chi connectivity index (χ0v) is 25.6. The van der Waals surface area contributed by atoms with E-state index in [0.29, 0.717) is 13.1 Å². The summed E-state index contributed by atoms with van der Waals surface area (Å²) in [7, 11) is 0. The largest absolute Gasteiger partial charge is 0.339 e. The first-order valence-corrected chi connectivity index (χ1v) is 15.5. The maximum absolute atomic E-state index is 12.6.